The molecule has 0 saturated carbocycles. The van der Waals surface area contributed by atoms with E-state index < -0.39 is 11.7 Å². The molecule has 0 atom stereocenters. The van der Waals surface area contributed by atoms with E-state index in [0.29, 0.717) is 11.1 Å². The number of anilines is 1. The molecular formula is C19H14FN5O. The van der Waals surface area contributed by atoms with E-state index in [0.717, 1.165) is 10.9 Å². The minimum atomic E-state index is -0.554. The molecule has 0 spiro atoms. The fraction of sp³-hybridized carbons (Fsp3) is 0.0526. The molecule has 1 amide bonds. The highest BCUT2D eigenvalue weighted by molar-refractivity contribution is 6.04. The number of nitrogen functional groups attached to an aromatic ring is 1. The van der Waals surface area contributed by atoms with Crippen molar-refractivity contribution in [2.45, 2.75) is 6.54 Å². The highest BCUT2D eigenvalue weighted by Crippen LogP contribution is 2.19. The fourth-order valence-electron chi connectivity index (χ4n) is 2.77. The van der Waals surface area contributed by atoms with Crippen molar-refractivity contribution in [3.05, 3.63) is 71.8 Å². The van der Waals surface area contributed by atoms with Gasteiger partial charge in [-0.25, -0.2) is 14.4 Å². The first kappa shape index (κ1) is 15.9. The molecule has 0 radical (unpaired) electrons. The minimum Gasteiger partial charge on any atom is -0.368 e. The molecule has 2 aromatic carbocycles. The number of aromatic nitrogens is 3. The summed E-state index contributed by atoms with van der Waals surface area (Å²) in [5.74, 6) is -1.18. The maximum absolute atomic E-state index is 13.9. The third-order valence-electron chi connectivity index (χ3n) is 4.00. The minimum absolute atomic E-state index is 0.0222. The molecule has 128 valence electrons. The average molecular weight is 347 g/mol. The third-order valence-corrected chi connectivity index (χ3v) is 4.00. The van der Waals surface area contributed by atoms with Gasteiger partial charge in [0, 0.05) is 10.8 Å². The van der Waals surface area contributed by atoms with Gasteiger partial charge in [-0.15, -0.1) is 0 Å². The van der Waals surface area contributed by atoms with E-state index in [2.05, 4.69) is 20.3 Å². The maximum Gasteiger partial charge on any atom is 0.271 e. The molecule has 0 saturated heterocycles. The zero-order valence-corrected chi connectivity index (χ0v) is 13.6. The maximum atomic E-state index is 13.9. The van der Waals surface area contributed by atoms with Gasteiger partial charge in [0.2, 0.25) is 5.95 Å². The van der Waals surface area contributed by atoms with Gasteiger partial charge in [0.25, 0.3) is 5.91 Å². The first-order chi connectivity index (χ1) is 12.6. The number of hydrogen-bond acceptors (Lipinski definition) is 5. The molecule has 0 fully saturated rings. The lowest BCUT2D eigenvalue weighted by Gasteiger charge is -2.08. The lowest BCUT2D eigenvalue weighted by atomic mass is 10.1. The zero-order chi connectivity index (χ0) is 18.1. The third kappa shape index (κ3) is 2.90. The van der Waals surface area contributed by atoms with Crippen molar-refractivity contribution in [2.75, 3.05) is 5.73 Å². The van der Waals surface area contributed by atoms with Gasteiger partial charge in [0.05, 0.1) is 17.8 Å². The Balaban J connectivity index is 1.62. The normalized spacial score (nSPS) is 11.0. The first-order valence-corrected chi connectivity index (χ1v) is 7.96. The number of hydrogen-bond donors (Lipinski definition) is 2. The molecule has 4 aromatic rings. The Bertz CT molecular complexity index is 1150. The van der Waals surface area contributed by atoms with Crippen molar-refractivity contribution in [1.82, 2.24) is 20.3 Å². The Labute approximate surface area is 147 Å². The average Bonchev–Trinajstić information content (AvgIpc) is 2.66. The summed E-state index contributed by atoms with van der Waals surface area (Å²) in [4.78, 5) is 24.9. The lowest BCUT2D eigenvalue weighted by molar-refractivity contribution is 0.0947. The highest BCUT2D eigenvalue weighted by Gasteiger charge is 2.16. The van der Waals surface area contributed by atoms with Gasteiger partial charge in [-0.3, -0.25) is 9.78 Å². The van der Waals surface area contributed by atoms with Gasteiger partial charge >= 0.3 is 0 Å². The number of nitrogens with one attached hydrogen (secondary N) is 1. The zero-order valence-electron chi connectivity index (χ0n) is 13.6. The number of carbonyl (C=O) groups is 1. The summed E-state index contributed by atoms with van der Waals surface area (Å²) < 4.78 is 13.9. The molecule has 0 aliphatic heterocycles. The van der Waals surface area contributed by atoms with Crippen LogP contribution in [0.25, 0.3) is 21.8 Å². The monoisotopic (exact) mass is 347 g/mol. The smallest absolute Gasteiger partial charge is 0.271 e. The Morgan fingerprint density at radius 2 is 1.85 bits per heavy atom. The largest absolute Gasteiger partial charge is 0.368 e. The van der Waals surface area contributed by atoms with Crippen molar-refractivity contribution in [2.24, 2.45) is 0 Å². The number of amides is 1. The fourth-order valence-corrected chi connectivity index (χ4v) is 2.77. The van der Waals surface area contributed by atoms with E-state index in [1.54, 1.807) is 6.07 Å². The first-order valence-electron chi connectivity index (χ1n) is 7.96. The molecule has 0 bridgehead atoms. The van der Waals surface area contributed by atoms with Crippen LogP contribution in [0.2, 0.25) is 0 Å². The Hall–Kier alpha value is -3.61. The predicted molar refractivity (Wildman–Crippen MR) is 96.8 cm³/mol. The number of nitrogens with two attached hydrogens (primary N) is 1. The van der Waals surface area contributed by atoms with Gasteiger partial charge < -0.3 is 11.1 Å². The van der Waals surface area contributed by atoms with Gasteiger partial charge in [-0.1, -0.05) is 36.4 Å². The summed E-state index contributed by atoms with van der Waals surface area (Å²) in [6.45, 7) is 0.213. The van der Waals surface area contributed by atoms with E-state index >= 15 is 0 Å². The second-order valence-electron chi connectivity index (χ2n) is 5.74. The molecule has 3 N–H and O–H groups in total. The molecule has 2 aromatic heterocycles. The summed E-state index contributed by atoms with van der Waals surface area (Å²) in [5.41, 5.74) is 7.23. The Morgan fingerprint density at radius 3 is 2.73 bits per heavy atom. The molecule has 4 rings (SSSR count). The van der Waals surface area contributed by atoms with Crippen LogP contribution < -0.4 is 11.1 Å². The quantitative estimate of drug-likeness (QED) is 0.594. The van der Waals surface area contributed by atoms with Crippen LogP contribution in [0.5, 0.6) is 0 Å². The molecule has 0 aliphatic rings. The Kier molecular flexibility index (Phi) is 3.89. The van der Waals surface area contributed by atoms with Crippen molar-refractivity contribution >= 4 is 33.7 Å². The van der Waals surface area contributed by atoms with Gasteiger partial charge in [0.1, 0.15) is 17.0 Å². The molecule has 26 heavy (non-hydrogen) atoms. The van der Waals surface area contributed by atoms with Crippen LogP contribution >= 0.6 is 0 Å². The molecule has 0 unspecified atom stereocenters. The number of para-hydroxylation sites is 2. The van der Waals surface area contributed by atoms with Crippen molar-refractivity contribution < 1.29 is 9.18 Å². The van der Waals surface area contributed by atoms with E-state index in [1.807, 2.05) is 36.4 Å². The topological polar surface area (TPSA) is 93.8 Å². The summed E-state index contributed by atoms with van der Waals surface area (Å²) >= 11 is 0. The second kappa shape index (κ2) is 6.36. The van der Waals surface area contributed by atoms with E-state index in [-0.39, 0.29) is 23.7 Å². The van der Waals surface area contributed by atoms with Crippen LogP contribution in [0.15, 0.2) is 54.6 Å². The van der Waals surface area contributed by atoms with Crippen LogP contribution in [-0.4, -0.2) is 20.9 Å². The van der Waals surface area contributed by atoms with Gasteiger partial charge in [-0.05, 0) is 18.2 Å². The van der Waals surface area contributed by atoms with Gasteiger partial charge in [0.15, 0.2) is 0 Å². The van der Waals surface area contributed by atoms with E-state index in [1.165, 1.54) is 12.1 Å². The van der Waals surface area contributed by atoms with Crippen molar-refractivity contribution in [1.29, 1.82) is 0 Å². The van der Waals surface area contributed by atoms with Crippen LogP contribution in [0.1, 0.15) is 16.2 Å². The molecule has 7 heteroatoms. The lowest BCUT2D eigenvalue weighted by Crippen LogP contribution is -2.25. The summed E-state index contributed by atoms with van der Waals surface area (Å²) in [6.07, 6.45) is 0. The summed E-state index contributed by atoms with van der Waals surface area (Å²) in [5, 5.41) is 4.08. The molecule has 0 aliphatic carbocycles. The van der Waals surface area contributed by atoms with Crippen LogP contribution in [0.4, 0.5) is 10.3 Å². The number of pyridine rings is 1. The Morgan fingerprint density at radius 1 is 1.00 bits per heavy atom. The SMILES string of the molecule is Nc1nc(C(=O)NCc2ccc3ccccc3n2)c2cccc(F)c2n1. The second-order valence-corrected chi connectivity index (χ2v) is 5.74. The number of rotatable bonds is 3. The number of nitrogens with zero attached hydrogens (tertiary/aromatic N) is 3. The summed E-state index contributed by atoms with van der Waals surface area (Å²) in [6, 6.07) is 15.8. The number of benzene rings is 2. The van der Waals surface area contributed by atoms with E-state index in [4.69, 9.17) is 5.73 Å². The van der Waals surface area contributed by atoms with Crippen LogP contribution in [-0.2, 0) is 6.54 Å². The predicted octanol–water partition coefficient (Wildman–Crippen LogP) is 2.83. The standard InChI is InChI=1S/C19H14FN5O/c20-14-6-3-5-13-16(14)24-19(21)25-17(13)18(26)22-10-12-9-8-11-4-1-2-7-15(11)23-12/h1-9H,10H2,(H,22,26)(H2,21,24,25). The van der Waals surface area contributed by atoms with Crippen LogP contribution in [0.3, 0.4) is 0 Å². The number of fused-ring (bicyclic) bond motifs is 2. The van der Waals surface area contributed by atoms with E-state index in [9.17, 15) is 9.18 Å². The molecule has 2 heterocycles. The summed E-state index contributed by atoms with van der Waals surface area (Å²) in [7, 11) is 0. The molecule has 6 nitrogen and oxygen atoms in total. The highest BCUT2D eigenvalue weighted by atomic mass is 19.1. The number of carbonyl (C=O) groups excluding carboxylic acids is 1. The number of halogens is 1. The molecular weight excluding hydrogens is 333 g/mol. The van der Waals surface area contributed by atoms with Crippen molar-refractivity contribution in [3.63, 3.8) is 0 Å². The van der Waals surface area contributed by atoms with Gasteiger partial charge in [-0.2, -0.15) is 0 Å². The van der Waals surface area contributed by atoms with Crippen LogP contribution in [0, 0.1) is 5.82 Å². The van der Waals surface area contributed by atoms with Crippen molar-refractivity contribution in [3.8, 4) is 0 Å².